The third-order valence-corrected chi connectivity index (χ3v) is 8.90. The third kappa shape index (κ3) is 8.45. The molecule has 1 aliphatic heterocycles. The maximum atomic E-state index is 12.6. The monoisotopic (exact) mass is 615 g/mol. The number of anilines is 1. The smallest absolute Gasteiger partial charge is 0.453 e. The summed E-state index contributed by atoms with van der Waals surface area (Å²) in [5.74, 6) is 4.88. The van der Waals surface area contributed by atoms with Gasteiger partial charge in [-0.05, 0) is 12.3 Å². The average molecular weight is 615 g/mol. The van der Waals surface area contributed by atoms with Crippen LogP contribution in [0.2, 0.25) is 0 Å². The van der Waals surface area contributed by atoms with Crippen LogP contribution in [-0.4, -0.2) is 66.6 Å². The van der Waals surface area contributed by atoms with E-state index in [2.05, 4.69) is 45.0 Å². The second-order valence-electron chi connectivity index (χ2n) is 7.98. The number of ether oxygens (including phenoxy) is 2. The first-order valence-electron chi connectivity index (χ1n) is 10.6. The quantitative estimate of drug-likeness (QED) is 0.147. The van der Waals surface area contributed by atoms with Crippen LogP contribution in [0.5, 0.6) is 0 Å². The van der Waals surface area contributed by atoms with Gasteiger partial charge in [0.05, 0.1) is 37.3 Å². The molecule has 0 saturated carbocycles. The van der Waals surface area contributed by atoms with E-state index < -0.39 is 54.1 Å². The molecule has 0 aromatic carbocycles. The van der Waals surface area contributed by atoms with Crippen molar-refractivity contribution in [1.29, 1.82) is 0 Å². The number of methoxy groups -OCH3 is 1. The van der Waals surface area contributed by atoms with E-state index in [0.717, 1.165) is 0 Å². The van der Waals surface area contributed by atoms with E-state index in [0.29, 0.717) is 0 Å². The number of phosphoric ester groups is 1. The number of carbonyl (C=O) groups is 1. The first kappa shape index (κ1) is 31.0. The van der Waals surface area contributed by atoms with Crippen molar-refractivity contribution in [2.45, 2.75) is 25.7 Å². The third-order valence-electron chi connectivity index (χ3n) is 5.10. The van der Waals surface area contributed by atoms with Crippen LogP contribution in [0.15, 0.2) is 11.0 Å². The van der Waals surface area contributed by atoms with Crippen LogP contribution in [0.3, 0.4) is 0 Å². The highest BCUT2D eigenvalue weighted by molar-refractivity contribution is 7.66. The van der Waals surface area contributed by atoms with Crippen LogP contribution in [0.1, 0.15) is 25.1 Å². The number of rotatable bonds is 9. The highest BCUT2D eigenvalue weighted by atomic mass is 31.3. The summed E-state index contributed by atoms with van der Waals surface area (Å²) in [6, 6.07) is 0. The van der Waals surface area contributed by atoms with E-state index in [-0.39, 0.29) is 41.4 Å². The molecule has 19 nitrogen and oxygen atoms in total. The number of aromatic nitrogens is 3. The van der Waals surface area contributed by atoms with Crippen molar-refractivity contribution in [1.82, 2.24) is 19.9 Å². The van der Waals surface area contributed by atoms with Crippen molar-refractivity contribution in [3.8, 4) is 11.8 Å². The summed E-state index contributed by atoms with van der Waals surface area (Å²) >= 11 is 0. The number of nitrogens with two attached hydrogens (primary N) is 1. The molecule has 1 aliphatic rings. The van der Waals surface area contributed by atoms with Crippen LogP contribution in [0, 0.1) is 17.8 Å². The normalized spacial score (nSPS) is 22.5. The first-order chi connectivity index (χ1) is 18.0. The van der Waals surface area contributed by atoms with Crippen LogP contribution >= 0.6 is 23.5 Å². The molecule has 3 rings (SSSR count). The Morgan fingerprint density at radius 1 is 1.28 bits per heavy atom. The molecule has 39 heavy (non-hydrogen) atoms. The number of fused-ring (bicyclic) bond motifs is 1. The van der Waals surface area contributed by atoms with Gasteiger partial charge in [0.15, 0.2) is 5.65 Å². The minimum absolute atomic E-state index is 0.0840. The number of carbonyl (C=O) groups excluding carboxylic acids is 1. The Morgan fingerprint density at radius 3 is 2.62 bits per heavy atom. The minimum atomic E-state index is -5.67. The number of hydrogen-bond donors (Lipinski definition) is 7. The molecule has 8 N–H and O–H groups in total. The van der Waals surface area contributed by atoms with Gasteiger partial charge in [-0.25, -0.2) is 18.5 Å². The Balaban J connectivity index is 1.78. The maximum absolute atomic E-state index is 12.6. The number of aromatic amines is 1. The molecule has 2 unspecified atom stereocenters. The molecular weight excluding hydrogens is 591 g/mol. The zero-order valence-electron chi connectivity index (χ0n) is 20.1. The number of nitrogen functional groups attached to an aromatic ring is 1. The number of nitrogens with zero attached hydrogens (tertiary/aromatic N) is 2. The topological polar surface area (TPSA) is 284 Å². The van der Waals surface area contributed by atoms with Gasteiger partial charge in [0.2, 0.25) is 5.95 Å². The molecule has 22 heteroatoms. The van der Waals surface area contributed by atoms with Crippen LogP contribution in [-0.2, 0) is 36.3 Å². The molecule has 3 heterocycles. The van der Waals surface area contributed by atoms with Gasteiger partial charge in [-0.3, -0.25) is 14.3 Å². The lowest BCUT2D eigenvalue weighted by Crippen LogP contribution is -2.22. The molecule has 5 atom stereocenters. The van der Waals surface area contributed by atoms with E-state index in [1.165, 1.54) is 17.9 Å². The Labute approximate surface area is 219 Å². The van der Waals surface area contributed by atoms with Crippen molar-refractivity contribution in [3.63, 3.8) is 0 Å². The largest absolute Gasteiger partial charge is 0.490 e. The Kier molecular flexibility index (Phi) is 9.43. The molecule has 2 aromatic heterocycles. The number of nitrogens with one attached hydrogen (secondary N) is 2. The van der Waals surface area contributed by atoms with Gasteiger partial charge in [0.1, 0.15) is 6.23 Å². The van der Waals surface area contributed by atoms with Crippen molar-refractivity contribution >= 4 is 46.5 Å². The molecule has 0 spiro atoms. The second-order valence-corrected chi connectivity index (χ2v) is 12.4. The molecule has 1 amide bonds. The minimum Gasteiger partial charge on any atom is -0.453 e. The lowest BCUT2D eigenvalue weighted by molar-refractivity contribution is -0.0271. The first-order valence-corrected chi connectivity index (χ1v) is 15.2. The zero-order chi connectivity index (χ0) is 29.2. The summed E-state index contributed by atoms with van der Waals surface area (Å²) in [4.78, 5) is 66.5. The number of H-pyrrole nitrogens is 1. The van der Waals surface area contributed by atoms with Gasteiger partial charge in [-0.15, -0.1) is 0 Å². The SMILES string of the molecule is COC(=O)NCC#Cc1cn([C@H]2C[C@@H](C)[C@@H](COP(=O)(O)OP(=O)(O)OP(=O)(O)O)O2)c2nc(N)[nH]c(=O)c12. The van der Waals surface area contributed by atoms with Crippen LogP contribution in [0.25, 0.3) is 11.0 Å². The zero-order valence-corrected chi connectivity index (χ0v) is 22.8. The summed E-state index contributed by atoms with van der Waals surface area (Å²) in [5, 5.41) is 2.45. The lowest BCUT2D eigenvalue weighted by Gasteiger charge is -2.20. The second kappa shape index (κ2) is 11.9. The highest BCUT2D eigenvalue weighted by Gasteiger charge is 2.42. The number of amides is 1. The molecule has 0 aliphatic carbocycles. The number of phosphoric acid groups is 3. The van der Waals surface area contributed by atoms with Gasteiger partial charge in [0.25, 0.3) is 5.56 Å². The molecule has 216 valence electrons. The fourth-order valence-electron chi connectivity index (χ4n) is 3.53. The van der Waals surface area contributed by atoms with Gasteiger partial charge >= 0.3 is 29.6 Å². The summed E-state index contributed by atoms with van der Waals surface area (Å²) in [7, 11) is -15.4. The van der Waals surface area contributed by atoms with Crippen molar-refractivity contribution < 1.29 is 60.7 Å². The van der Waals surface area contributed by atoms with Crippen molar-refractivity contribution in [2.24, 2.45) is 5.92 Å². The molecule has 0 bridgehead atoms. The molecule has 1 saturated heterocycles. The number of hydrogen-bond acceptors (Lipinski definition) is 12. The van der Waals surface area contributed by atoms with E-state index in [1.807, 2.05) is 0 Å². The van der Waals surface area contributed by atoms with Crippen molar-refractivity contribution in [3.05, 3.63) is 22.1 Å². The van der Waals surface area contributed by atoms with Crippen molar-refractivity contribution in [2.75, 3.05) is 26.0 Å². The number of alkyl carbamates (subject to hydrolysis) is 1. The summed E-state index contributed by atoms with van der Waals surface area (Å²) in [5.41, 5.74) is 5.46. The summed E-state index contributed by atoms with van der Waals surface area (Å²) in [6.45, 7) is 0.965. The Hall–Kier alpha value is -2.58. The van der Waals surface area contributed by atoms with E-state index in [4.69, 9.17) is 20.3 Å². The average Bonchev–Trinajstić information content (AvgIpc) is 3.32. The standard InChI is InChI=1S/C17H24N5O14P3/c1-9-6-12(34-11(9)8-33-38(28,29)36-39(30,31)35-37(25,26)27)22-7-10(4-3-5-19-17(24)32-2)13-14(22)20-16(18)21-15(13)23/h7,9,11-12H,5-6,8H2,1-2H3,(H,19,24)(H,28,29)(H,30,31)(H2,25,26,27)(H3,18,20,21,23)/t9-,11-,12-/m1/s1. The molecule has 0 radical (unpaired) electrons. The van der Waals surface area contributed by atoms with E-state index in [1.54, 1.807) is 6.92 Å². The van der Waals surface area contributed by atoms with Gasteiger partial charge in [-0.1, -0.05) is 18.8 Å². The van der Waals surface area contributed by atoms with Gasteiger partial charge < -0.3 is 44.7 Å². The summed E-state index contributed by atoms with van der Waals surface area (Å²) in [6.07, 6.45) is -0.640. The van der Waals surface area contributed by atoms with Crippen LogP contribution < -0.4 is 16.6 Å². The Morgan fingerprint density at radius 2 is 1.97 bits per heavy atom. The fourth-order valence-corrected chi connectivity index (χ4v) is 6.56. The van der Waals surface area contributed by atoms with E-state index >= 15 is 0 Å². The van der Waals surface area contributed by atoms with Gasteiger partial charge in [-0.2, -0.15) is 13.6 Å². The Bertz CT molecular complexity index is 1510. The summed E-state index contributed by atoms with van der Waals surface area (Å²) < 4.78 is 58.2. The highest BCUT2D eigenvalue weighted by Crippen LogP contribution is 2.66. The fraction of sp³-hybridized carbons (Fsp3) is 0.471. The predicted molar refractivity (Wildman–Crippen MR) is 130 cm³/mol. The maximum Gasteiger partial charge on any atom is 0.490 e. The molecule has 1 fully saturated rings. The predicted octanol–water partition coefficient (Wildman–Crippen LogP) is 0.281. The molecule has 2 aromatic rings. The lowest BCUT2D eigenvalue weighted by atomic mass is 10.0. The van der Waals surface area contributed by atoms with E-state index in [9.17, 15) is 33.1 Å². The molecular formula is C17H24N5O14P3. The van der Waals surface area contributed by atoms with Crippen LogP contribution in [0.4, 0.5) is 10.7 Å². The van der Waals surface area contributed by atoms with Gasteiger partial charge in [0, 0.05) is 6.20 Å².